The van der Waals surface area contributed by atoms with E-state index in [4.69, 9.17) is 14.9 Å². The van der Waals surface area contributed by atoms with Crippen LogP contribution in [0.3, 0.4) is 0 Å². The van der Waals surface area contributed by atoms with Crippen molar-refractivity contribution in [1.82, 2.24) is 4.98 Å². The van der Waals surface area contributed by atoms with Gasteiger partial charge in [0.15, 0.2) is 5.58 Å². The lowest BCUT2D eigenvalue weighted by molar-refractivity contribution is -0.0763. The molecule has 3 N–H and O–H groups in total. The molecule has 1 saturated carbocycles. The highest BCUT2D eigenvalue weighted by Gasteiger charge is 2.28. The smallest absolute Gasteiger partial charge is 0.231 e. The molecular weight excluding hydrogens is 316 g/mol. The Morgan fingerprint density at radius 1 is 1.08 bits per heavy atom. The number of phenolic OH excluding ortho intramolecular Hbond substituents is 1. The van der Waals surface area contributed by atoms with Crippen molar-refractivity contribution >= 4 is 11.1 Å². The summed E-state index contributed by atoms with van der Waals surface area (Å²) in [7, 11) is 0. The van der Waals surface area contributed by atoms with Gasteiger partial charge in [-0.1, -0.05) is 30.7 Å². The molecule has 5 nitrogen and oxygen atoms in total. The maximum Gasteiger partial charge on any atom is 0.231 e. The highest BCUT2D eigenvalue weighted by atomic mass is 16.5. The van der Waals surface area contributed by atoms with E-state index in [1.165, 1.54) is 6.42 Å². The van der Waals surface area contributed by atoms with E-state index in [-0.39, 0.29) is 12.4 Å². The molecule has 1 fully saturated rings. The molecular formula is C20H22N2O3. The van der Waals surface area contributed by atoms with E-state index < -0.39 is 5.72 Å². The summed E-state index contributed by atoms with van der Waals surface area (Å²) in [6, 6.07) is 13.0. The summed E-state index contributed by atoms with van der Waals surface area (Å²) >= 11 is 0. The molecule has 0 spiro atoms. The summed E-state index contributed by atoms with van der Waals surface area (Å²) in [5, 5.41) is 10.7. The van der Waals surface area contributed by atoms with Gasteiger partial charge in [0.2, 0.25) is 5.89 Å². The van der Waals surface area contributed by atoms with Crippen molar-refractivity contribution in [1.29, 1.82) is 0 Å². The van der Waals surface area contributed by atoms with Crippen molar-refractivity contribution in [2.45, 2.75) is 44.4 Å². The highest BCUT2D eigenvalue weighted by molar-refractivity contribution is 5.77. The first-order valence-electron chi connectivity index (χ1n) is 8.74. The van der Waals surface area contributed by atoms with Crippen LogP contribution in [0.25, 0.3) is 22.6 Å². The summed E-state index contributed by atoms with van der Waals surface area (Å²) in [5.41, 5.74) is 8.45. The Balaban J connectivity index is 1.59. The maximum atomic E-state index is 10.7. The summed E-state index contributed by atoms with van der Waals surface area (Å²) in [6.45, 7) is 0.274. The predicted molar refractivity (Wildman–Crippen MR) is 95.9 cm³/mol. The van der Waals surface area contributed by atoms with Gasteiger partial charge in [-0.2, -0.15) is 0 Å². The van der Waals surface area contributed by atoms with Crippen LogP contribution in [0.2, 0.25) is 0 Å². The average molecular weight is 338 g/mol. The lowest BCUT2D eigenvalue weighted by Crippen LogP contribution is -2.44. The quantitative estimate of drug-likeness (QED) is 0.692. The lowest BCUT2D eigenvalue weighted by Gasteiger charge is -2.33. The molecule has 130 valence electrons. The second kappa shape index (κ2) is 6.50. The van der Waals surface area contributed by atoms with Gasteiger partial charge in [0, 0.05) is 5.56 Å². The fraction of sp³-hybridized carbons (Fsp3) is 0.350. The molecule has 25 heavy (non-hydrogen) atoms. The van der Waals surface area contributed by atoms with Gasteiger partial charge in [-0.3, -0.25) is 0 Å². The van der Waals surface area contributed by atoms with Crippen LogP contribution >= 0.6 is 0 Å². The molecule has 1 aliphatic rings. The number of rotatable bonds is 4. The lowest BCUT2D eigenvalue weighted by atomic mass is 9.92. The zero-order valence-corrected chi connectivity index (χ0v) is 14.1. The molecule has 2 aromatic carbocycles. The van der Waals surface area contributed by atoms with Gasteiger partial charge in [-0.05, 0) is 43.9 Å². The third kappa shape index (κ3) is 3.25. The maximum absolute atomic E-state index is 10.7. The molecule has 1 aliphatic carbocycles. The minimum atomic E-state index is -0.585. The normalized spacial score (nSPS) is 17.0. The second-order valence-electron chi connectivity index (χ2n) is 6.71. The zero-order valence-electron chi connectivity index (χ0n) is 14.1. The van der Waals surface area contributed by atoms with E-state index in [9.17, 15) is 5.11 Å². The van der Waals surface area contributed by atoms with Crippen LogP contribution in [-0.4, -0.2) is 15.8 Å². The number of aromatic nitrogens is 1. The Morgan fingerprint density at radius 3 is 2.68 bits per heavy atom. The largest absolute Gasteiger partial charge is 0.507 e. The predicted octanol–water partition coefficient (Wildman–Crippen LogP) is 4.34. The van der Waals surface area contributed by atoms with E-state index in [1.807, 2.05) is 36.4 Å². The fourth-order valence-corrected chi connectivity index (χ4v) is 3.38. The number of benzene rings is 2. The van der Waals surface area contributed by atoms with E-state index in [1.54, 1.807) is 6.07 Å². The third-order valence-corrected chi connectivity index (χ3v) is 4.86. The number of nitrogens with zero attached hydrogens (tertiary/aromatic N) is 1. The molecule has 3 aromatic rings. The van der Waals surface area contributed by atoms with Gasteiger partial charge < -0.3 is 20.0 Å². The van der Waals surface area contributed by atoms with Crippen LogP contribution in [0.4, 0.5) is 0 Å². The van der Waals surface area contributed by atoms with Crippen molar-refractivity contribution < 1.29 is 14.3 Å². The molecule has 0 atom stereocenters. The van der Waals surface area contributed by atoms with Gasteiger partial charge >= 0.3 is 0 Å². The van der Waals surface area contributed by atoms with Gasteiger partial charge in [-0.25, -0.2) is 4.98 Å². The van der Waals surface area contributed by atoms with E-state index in [0.29, 0.717) is 22.6 Å². The molecule has 0 amide bonds. The van der Waals surface area contributed by atoms with Crippen molar-refractivity contribution in [3.05, 3.63) is 48.0 Å². The number of oxazole rings is 1. The molecule has 4 rings (SSSR count). The molecule has 0 bridgehead atoms. The Morgan fingerprint density at radius 2 is 1.88 bits per heavy atom. The molecule has 1 heterocycles. The van der Waals surface area contributed by atoms with Gasteiger partial charge in [-0.15, -0.1) is 0 Å². The SMILES string of the molecule is NC1(OCc2cccc(-c3nc4ccccc4o3)c2O)CCCCC1. The highest BCUT2D eigenvalue weighted by Crippen LogP contribution is 2.35. The van der Waals surface area contributed by atoms with Crippen LogP contribution in [-0.2, 0) is 11.3 Å². The Kier molecular flexibility index (Phi) is 4.19. The van der Waals surface area contributed by atoms with E-state index in [2.05, 4.69) is 4.98 Å². The number of hydrogen-bond donors (Lipinski definition) is 2. The number of hydrogen-bond acceptors (Lipinski definition) is 5. The van der Waals surface area contributed by atoms with E-state index >= 15 is 0 Å². The van der Waals surface area contributed by atoms with Crippen molar-refractivity contribution in [3.8, 4) is 17.2 Å². The van der Waals surface area contributed by atoms with Crippen LogP contribution < -0.4 is 5.73 Å². The molecule has 0 unspecified atom stereocenters. The standard InChI is InChI=1S/C20H22N2O3/c21-20(11-4-1-5-12-20)24-13-14-7-6-8-15(18(14)23)19-22-16-9-2-3-10-17(16)25-19/h2-3,6-10,23H,1,4-5,11-13,21H2. The Hall–Kier alpha value is -2.37. The zero-order chi connectivity index (χ0) is 17.3. The number of para-hydroxylation sites is 3. The summed E-state index contributed by atoms with van der Waals surface area (Å²) in [4.78, 5) is 4.46. The first kappa shape index (κ1) is 16.1. The number of ether oxygens (including phenoxy) is 1. The van der Waals surface area contributed by atoms with Crippen LogP contribution in [0.5, 0.6) is 5.75 Å². The summed E-state index contributed by atoms with van der Waals surface area (Å²) in [5.74, 6) is 0.536. The third-order valence-electron chi connectivity index (χ3n) is 4.86. The summed E-state index contributed by atoms with van der Waals surface area (Å²) < 4.78 is 11.7. The van der Waals surface area contributed by atoms with Crippen molar-refractivity contribution in [2.24, 2.45) is 5.73 Å². The first-order chi connectivity index (χ1) is 12.1. The van der Waals surface area contributed by atoms with Gasteiger partial charge in [0.25, 0.3) is 0 Å². The number of nitrogens with two attached hydrogens (primary N) is 1. The Bertz CT molecular complexity index is 849. The minimum absolute atomic E-state index is 0.133. The number of phenols is 1. The molecule has 5 heteroatoms. The fourth-order valence-electron chi connectivity index (χ4n) is 3.38. The van der Waals surface area contributed by atoms with Crippen LogP contribution in [0.15, 0.2) is 46.9 Å². The van der Waals surface area contributed by atoms with Gasteiger partial charge in [0.1, 0.15) is 17.0 Å². The summed E-state index contributed by atoms with van der Waals surface area (Å²) in [6.07, 6.45) is 5.11. The first-order valence-corrected chi connectivity index (χ1v) is 8.74. The topological polar surface area (TPSA) is 81.5 Å². The molecule has 0 radical (unpaired) electrons. The number of aromatic hydroxyl groups is 1. The van der Waals surface area contributed by atoms with Crippen LogP contribution in [0, 0.1) is 0 Å². The monoisotopic (exact) mass is 338 g/mol. The van der Waals surface area contributed by atoms with Gasteiger partial charge in [0.05, 0.1) is 12.2 Å². The van der Waals surface area contributed by atoms with Crippen molar-refractivity contribution in [3.63, 3.8) is 0 Å². The molecule has 1 aromatic heterocycles. The van der Waals surface area contributed by atoms with Crippen molar-refractivity contribution in [2.75, 3.05) is 0 Å². The second-order valence-corrected chi connectivity index (χ2v) is 6.71. The minimum Gasteiger partial charge on any atom is -0.507 e. The molecule has 0 saturated heterocycles. The number of fused-ring (bicyclic) bond motifs is 1. The molecule has 0 aliphatic heterocycles. The van der Waals surface area contributed by atoms with E-state index in [0.717, 1.165) is 31.2 Å². The van der Waals surface area contributed by atoms with Crippen LogP contribution in [0.1, 0.15) is 37.7 Å². The Labute approximate surface area is 146 Å². The average Bonchev–Trinajstić information content (AvgIpc) is 3.05.